The maximum Gasteiger partial charge on any atom is 0.265 e. The lowest BCUT2D eigenvalue weighted by molar-refractivity contribution is -0.117. The van der Waals surface area contributed by atoms with Crippen molar-refractivity contribution in [3.63, 3.8) is 0 Å². The molecule has 94 valence electrons. The zero-order valence-corrected chi connectivity index (χ0v) is 10.7. The summed E-state index contributed by atoms with van der Waals surface area (Å²) in [6, 6.07) is 14.0. The van der Waals surface area contributed by atoms with Gasteiger partial charge in [0.1, 0.15) is 0 Å². The largest absolute Gasteiger partial charge is 0.274 e. The van der Waals surface area contributed by atoms with Crippen molar-refractivity contribution < 1.29 is 9.59 Å². The molecule has 0 saturated carbocycles. The van der Waals surface area contributed by atoms with Gasteiger partial charge in [0.15, 0.2) is 0 Å². The van der Waals surface area contributed by atoms with E-state index in [1.54, 1.807) is 42.5 Å². The Morgan fingerprint density at radius 1 is 0.947 bits per heavy atom. The van der Waals surface area contributed by atoms with E-state index in [4.69, 9.17) is 11.6 Å². The maximum absolute atomic E-state index is 12.4. The lowest BCUT2D eigenvalue weighted by atomic mass is 9.98. The van der Waals surface area contributed by atoms with E-state index in [0.717, 1.165) is 0 Å². The van der Waals surface area contributed by atoms with E-state index >= 15 is 0 Å². The van der Waals surface area contributed by atoms with E-state index in [2.05, 4.69) is 0 Å². The Morgan fingerprint density at radius 3 is 2.42 bits per heavy atom. The van der Waals surface area contributed by atoms with Crippen LogP contribution in [0.4, 0.5) is 5.69 Å². The van der Waals surface area contributed by atoms with Crippen molar-refractivity contribution in [2.24, 2.45) is 0 Å². The second kappa shape index (κ2) is 4.52. The molecule has 0 unspecified atom stereocenters. The summed E-state index contributed by atoms with van der Waals surface area (Å²) in [5, 5.41) is 0.465. The number of carbonyl (C=O) groups excluding carboxylic acids is 2. The molecule has 2 aromatic carbocycles. The summed E-state index contributed by atoms with van der Waals surface area (Å²) >= 11 is 6.04. The van der Waals surface area contributed by atoms with Crippen LogP contribution in [0.2, 0.25) is 5.02 Å². The van der Waals surface area contributed by atoms with Crippen molar-refractivity contribution in [3.05, 3.63) is 64.7 Å². The van der Waals surface area contributed by atoms with Gasteiger partial charge < -0.3 is 0 Å². The van der Waals surface area contributed by atoms with Crippen molar-refractivity contribution in [1.82, 2.24) is 0 Å². The predicted molar refractivity (Wildman–Crippen MR) is 73.4 cm³/mol. The smallest absolute Gasteiger partial charge is 0.265 e. The van der Waals surface area contributed by atoms with Crippen LogP contribution in [0.5, 0.6) is 0 Å². The van der Waals surface area contributed by atoms with Gasteiger partial charge in [-0.3, -0.25) is 9.59 Å². The third-order valence-electron chi connectivity index (χ3n) is 3.14. The van der Waals surface area contributed by atoms with E-state index in [1.807, 2.05) is 6.07 Å². The molecule has 3 rings (SSSR count). The Balaban J connectivity index is 2.12. The first-order valence-corrected chi connectivity index (χ1v) is 6.26. The lowest BCUT2D eigenvalue weighted by Gasteiger charge is -2.27. The fraction of sp³-hybridized carbons (Fsp3) is 0.0667. The van der Waals surface area contributed by atoms with Crippen molar-refractivity contribution in [3.8, 4) is 0 Å². The number of fused-ring (bicyclic) bond motifs is 1. The number of nitrogens with zero attached hydrogens (tertiary/aromatic N) is 1. The van der Waals surface area contributed by atoms with Gasteiger partial charge >= 0.3 is 0 Å². The van der Waals surface area contributed by atoms with Crippen LogP contribution in [0.15, 0.2) is 48.5 Å². The number of benzene rings is 2. The molecular formula is C15H10ClNO2. The molecule has 0 aliphatic carbocycles. The summed E-state index contributed by atoms with van der Waals surface area (Å²) in [6.45, 7) is 0. The molecule has 0 fully saturated rings. The average molecular weight is 272 g/mol. The fourth-order valence-corrected chi connectivity index (χ4v) is 2.48. The predicted octanol–water partition coefficient (Wildman–Crippen LogP) is 3.07. The standard InChI is InChI=1S/C15H10ClNO2/c16-13-8-4-7-11-12(13)9-14(18)17(15(11)19)10-5-2-1-3-6-10/h1-8H,9H2. The van der Waals surface area contributed by atoms with Gasteiger partial charge in [0, 0.05) is 10.6 Å². The van der Waals surface area contributed by atoms with Crippen molar-refractivity contribution in [2.45, 2.75) is 6.42 Å². The molecule has 2 aromatic rings. The Labute approximate surface area is 115 Å². The molecule has 0 bridgehead atoms. The maximum atomic E-state index is 12.4. The molecule has 4 heteroatoms. The average Bonchev–Trinajstić information content (AvgIpc) is 2.41. The number of rotatable bonds is 1. The number of imide groups is 1. The van der Waals surface area contributed by atoms with Crippen molar-refractivity contribution in [2.75, 3.05) is 4.90 Å². The molecule has 0 spiro atoms. The highest BCUT2D eigenvalue weighted by molar-refractivity contribution is 6.34. The van der Waals surface area contributed by atoms with Gasteiger partial charge in [-0.15, -0.1) is 0 Å². The van der Waals surface area contributed by atoms with Gasteiger partial charge in [0.25, 0.3) is 5.91 Å². The van der Waals surface area contributed by atoms with Gasteiger partial charge in [-0.1, -0.05) is 35.9 Å². The molecule has 0 radical (unpaired) electrons. The number of halogens is 1. The monoisotopic (exact) mass is 271 g/mol. The van der Waals surface area contributed by atoms with Crippen LogP contribution < -0.4 is 4.90 Å². The number of carbonyl (C=O) groups is 2. The van der Waals surface area contributed by atoms with Gasteiger partial charge in [0.05, 0.1) is 12.1 Å². The first-order chi connectivity index (χ1) is 9.18. The van der Waals surface area contributed by atoms with Crippen molar-refractivity contribution in [1.29, 1.82) is 0 Å². The highest BCUT2D eigenvalue weighted by Crippen LogP contribution is 2.29. The summed E-state index contributed by atoms with van der Waals surface area (Å²) in [6.07, 6.45) is 0.148. The van der Waals surface area contributed by atoms with Crippen LogP contribution in [0.25, 0.3) is 0 Å². The summed E-state index contributed by atoms with van der Waals surface area (Å²) in [5.41, 5.74) is 1.70. The molecule has 1 aliphatic rings. The molecule has 19 heavy (non-hydrogen) atoms. The minimum absolute atomic E-state index is 0.148. The first kappa shape index (κ1) is 11.9. The molecule has 0 atom stereocenters. The number of hydrogen-bond donors (Lipinski definition) is 0. The van der Waals surface area contributed by atoms with E-state index in [0.29, 0.717) is 21.8 Å². The van der Waals surface area contributed by atoms with Crippen LogP contribution in [0.1, 0.15) is 15.9 Å². The minimum Gasteiger partial charge on any atom is -0.274 e. The highest BCUT2D eigenvalue weighted by atomic mass is 35.5. The molecule has 3 nitrogen and oxygen atoms in total. The normalized spacial score (nSPS) is 14.5. The van der Waals surface area contributed by atoms with E-state index in [-0.39, 0.29) is 18.2 Å². The van der Waals surface area contributed by atoms with E-state index in [9.17, 15) is 9.59 Å². The molecule has 0 saturated heterocycles. The Kier molecular flexibility index (Phi) is 2.84. The summed E-state index contributed by atoms with van der Waals surface area (Å²) in [5.74, 6) is -0.572. The van der Waals surface area contributed by atoms with Crippen LogP contribution in [0.3, 0.4) is 0 Å². The van der Waals surface area contributed by atoms with Crippen LogP contribution >= 0.6 is 11.6 Å². The van der Waals surface area contributed by atoms with E-state index in [1.165, 1.54) is 4.90 Å². The molecule has 0 N–H and O–H groups in total. The molecule has 0 aromatic heterocycles. The van der Waals surface area contributed by atoms with E-state index < -0.39 is 0 Å². The third kappa shape index (κ3) is 1.92. The van der Waals surface area contributed by atoms with Gasteiger partial charge in [-0.2, -0.15) is 0 Å². The lowest BCUT2D eigenvalue weighted by Crippen LogP contribution is -2.42. The summed E-state index contributed by atoms with van der Waals surface area (Å²) in [7, 11) is 0. The van der Waals surface area contributed by atoms with Gasteiger partial charge in [-0.25, -0.2) is 4.90 Å². The van der Waals surface area contributed by atoms with Gasteiger partial charge in [-0.05, 0) is 29.8 Å². The number of amides is 2. The summed E-state index contributed by atoms with van der Waals surface area (Å²) in [4.78, 5) is 25.8. The van der Waals surface area contributed by atoms with Gasteiger partial charge in [0.2, 0.25) is 5.91 Å². The zero-order chi connectivity index (χ0) is 13.4. The number of hydrogen-bond acceptors (Lipinski definition) is 2. The zero-order valence-electron chi connectivity index (χ0n) is 9.97. The molecule has 1 heterocycles. The number of anilines is 1. The fourth-order valence-electron chi connectivity index (χ4n) is 2.24. The number of para-hydroxylation sites is 1. The topological polar surface area (TPSA) is 37.4 Å². The van der Waals surface area contributed by atoms with Crippen molar-refractivity contribution >= 4 is 29.1 Å². The third-order valence-corrected chi connectivity index (χ3v) is 3.50. The molecular weight excluding hydrogens is 262 g/mol. The first-order valence-electron chi connectivity index (χ1n) is 5.88. The molecule has 1 aliphatic heterocycles. The SMILES string of the molecule is O=C1Cc2c(Cl)cccc2C(=O)N1c1ccccc1. The second-order valence-electron chi connectivity index (χ2n) is 4.31. The Morgan fingerprint density at radius 2 is 1.68 bits per heavy atom. The van der Waals surface area contributed by atoms with Crippen LogP contribution in [-0.4, -0.2) is 11.8 Å². The quantitative estimate of drug-likeness (QED) is 0.748. The molecule has 2 amide bonds. The summed E-state index contributed by atoms with van der Waals surface area (Å²) < 4.78 is 0. The Bertz CT molecular complexity index is 667. The minimum atomic E-state index is -0.319. The Hall–Kier alpha value is -2.13. The van der Waals surface area contributed by atoms with Crippen LogP contribution in [0, 0.1) is 0 Å². The highest BCUT2D eigenvalue weighted by Gasteiger charge is 2.32. The van der Waals surface area contributed by atoms with Crippen LogP contribution in [-0.2, 0) is 11.2 Å². The second-order valence-corrected chi connectivity index (χ2v) is 4.72.